The van der Waals surface area contributed by atoms with E-state index in [1.807, 2.05) is 30.3 Å². The maximum absolute atomic E-state index is 9.75. The second-order valence-electron chi connectivity index (χ2n) is 7.48. The van der Waals surface area contributed by atoms with E-state index >= 15 is 0 Å². The van der Waals surface area contributed by atoms with Gasteiger partial charge in [-0.1, -0.05) is 24.3 Å². The Balaban J connectivity index is 1.40. The zero-order valence-corrected chi connectivity index (χ0v) is 16.5. The first-order chi connectivity index (χ1) is 14.2. The van der Waals surface area contributed by atoms with Crippen LogP contribution in [0, 0.1) is 0 Å². The van der Waals surface area contributed by atoms with E-state index < -0.39 is 0 Å². The molecule has 0 aliphatic carbocycles. The van der Waals surface area contributed by atoms with Crippen molar-refractivity contribution in [2.45, 2.75) is 32.0 Å². The van der Waals surface area contributed by atoms with E-state index in [0.29, 0.717) is 25.7 Å². The highest BCUT2D eigenvalue weighted by Crippen LogP contribution is 2.32. The number of anilines is 1. The number of nitrogens with one attached hydrogen (secondary N) is 1. The van der Waals surface area contributed by atoms with Crippen LogP contribution in [0.2, 0.25) is 0 Å². The molecule has 1 unspecified atom stereocenters. The Morgan fingerprint density at radius 3 is 2.72 bits per heavy atom. The number of β-amino-alcohol motifs (C(OH)–C–C–N with tert-alkyl or cyclic N) is 1. The van der Waals surface area contributed by atoms with Crippen molar-refractivity contribution < 1.29 is 14.6 Å². The molecule has 0 bridgehead atoms. The largest absolute Gasteiger partial charge is 0.490 e. The summed E-state index contributed by atoms with van der Waals surface area (Å²) in [5.41, 5.74) is 9.28. The lowest BCUT2D eigenvalue weighted by atomic mass is 10.1. The average molecular weight is 396 g/mol. The molecule has 1 saturated heterocycles. The van der Waals surface area contributed by atoms with E-state index in [1.165, 1.54) is 5.56 Å². The summed E-state index contributed by atoms with van der Waals surface area (Å²) < 4.78 is 11.4. The summed E-state index contributed by atoms with van der Waals surface area (Å²) in [6, 6.07) is 13.9. The molecule has 2 aliphatic rings. The Morgan fingerprint density at radius 2 is 1.93 bits per heavy atom. The third-order valence-corrected chi connectivity index (χ3v) is 5.20. The van der Waals surface area contributed by atoms with Crippen LogP contribution in [0.4, 0.5) is 5.69 Å². The lowest BCUT2D eigenvalue weighted by Gasteiger charge is -2.17. The standard InChI is InChI=1S/C22H28N4O3/c23-22(25-18-6-7-20-21(12-18)29-11-3-10-28-20)24-13-16-4-1-2-5-17(16)14-26-9-8-19(27)15-26/h1-2,4-7,12,19,27H,3,8-11,13-15H2,(H3,23,24,25). The molecule has 2 aliphatic heterocycles. The molecule has 154 valence electrons. The number of guanidine groups is 1. The molecule has 0 radical (unpaired) electrons. The quantitative estimate of drug-likeness (QED) is 0.531. The fourth-order valence-electron chi connectivity index (χ4n) is 3.66. The highest BCUT2D eigenvalue weighted by molar-refractivity contribution is 5.92. The number of nitrogens with two attached hydrogens (primary N) is 1. The van der Waals surface area contributed by atoms with Gasteiger partial charge in [-0.05, 0) is 29.7 Å². The molecular formula is C22H28N4O3. The Bertz CT molecular complexity index is 871. The molecule has 2 aromatic rings. The summed E-state index contributed by atoms with van der Waals surface area (Å²) in [5.74, 6) is 1.83. The minimum absolute atomic E-state index is 0.213. The van der Waals surface area contributed by atoms with Crippen molar-refractivity contribution in [3.8, 4) is 11.5 Å². The van der Waals surface area contributed by atoms with Gasteiger partial charge in [0.05, 0.1) is 25.9 Å². The van der Waals surface area contributed by atoms with Crippen LogP contribution in [0.3, 0.4) is 0 Å². The topological polar surface area (TPSA) is 92.3 Å². The molecule has 0 spiro atoms. The van der Waals surface area contributed by atoms with Gasteiger partial charge in [-0.25, -0.2) is 4.99 Å². The number of benzene rings is 2. The smallest absolute Gasteiger partial charge is 0.193 e. The molecule has 0 saturated carbocycles. The molecule has 2 aromatic carbocycles. The van der Waals surface area contributed by atoms with Gasteiger partial charge in [0.25, 0.3) is 0 Å². The second-order valence-corrected chi connectivity index (χ2v) is 7.48. The maximum Gasteiger partial charge on any atom is 0.193 e. The molecule has 1 fully saturated rings. The van der Waals surface area contributed by atoms with Gasteiger partial charge in [0.1, 0.15) is 0 Å². The molecule has 7 nitrogen and oxygen atoms in total. The third-order valence-electron chi connectivity index (χ3n) is 5.20. The number of hydrogen-bond donors (Lipinski definition) is 3. The maximum atomic E-state index is 9.75. The van der Waals surface area contributed by atoms with Crippen molar-refractivity contribution in [3.63, 3.8) is 0 Å². The Hall–Kier alpha value is -2.77. The van der Waals surface area contributed by atoms with Crippen LogP contribution in [0.15, 0.2) is 47.5 Å². The molecular weight excluding hydrogens is 368 g/mol. The first kappa shape index (κ1) is 19.5. The summed E-state index contributed by atoms with van der Waals surface area (Å²) in [7, 11) is 0. The zero-order valence-electron chi connectivity index (χ0n) is 16.5. The number of rotatable bonds is 5. The van der Waals surface area contributed by atoms with Crippen molar-refractivity contribution in [1.82, 2.24) is 4.90 Å². The van der Waals surface area contributed by atoms with Crippen molar-refractivity contribution in [1.29, 1.82) is 0 Å². The van der Waals surface area contributed by atoms with E-state index in [0.717, 1.165) is 55.2 Å². The third kappa shape index (κ3) is 5.19. The van der Waals surface area contributed by atoms with E-state index in [1.54, 1.807) is 0 Å². The van der Waals surface area contributed by atoms with Gasteiger partial charge in [0.15, 0.2) is 17.5 Å². The normalized spacial score (nSPS) is 19.8. The first-order valence-electron chi connectivity index (χ1n) is 10.1. The van der Waals surface area contributed by atoms with Gasteiger partial charge in [-0.2, -0.15) is 0 Å². The summed E-state index contributed by atoms with van der Waals surface area (Å²) >= 11 is 0. The monoisotopic (exact) mass is 396 g/mol. The van der Waals surface area contributed by atoms with Gasteiger partial charge >= 0.3 is 0 Å². The van der Waals surface area contributed by atoms with Gasteiger partial charge in [-0.3, -0.25) is 4.90 Å². The number of nitrogens with zero attached hydrogens (tertiary/aromatic N) is 2. The van der Waals surface area contributed by atoms with Crippen molar-refractivity contribution >= 4 is 11.6 Å². The average Bonchev–Trinajstić information content (AvgIpc) is 2.98. The predicted octanol–water partition coefficient (Wildman–Crippen LogP) is 2.34. The molecule has 29 heavy (non-hydrogen) atoms. The Morgan fingerprint density at radius 1 is 1.14 bits per heavy atom. The minimum Gasteiger partial charge on any atom is -0.490 e. The number of fused-ring (bicyclic) bond motifs is 1. The van der Waals surface area contributed by atoms with Crippen LogP contribution >= 0.6 is 0 Å². The van der Waals surface area contributed by atoms with Crippen LogP contribution in [-0.2, 0) is 13.1 Å². The number of ether oxygens (including phenoxy) is 2. The molecule has 7 heteroatoms. The van der Waals surface area contributed by atoms with Gasteiger partial charge in [-0.15, -0.1) is 0 Å². The van der Waals surface area contributed by atoms with E-state index in [2.05, 4.69) is 27.3 Å². The minimum atomic E-state index is -0.213. The van der Waals surface area contributed by atoms with Crippen molar-refractivity contribution in [2.75, 3.05) is 31.6 Å². The molecule has 4 N–H and O–H groups in total. The number of aliphatic hydroxyl groups excluding tert-OH is 1. The second kappa shape index (κ2) is 9.15. The number of aliphatic hydroxyl groups is 1. The van der Waals surface area contributed by atoms with E-state index in [9.17, 15) is 5.11 Å². The van der Waals surface area contributed by atoms with Gasteiger partial charge < -0.3 is 25.6 Å². The predicted molar refractivity (Wildman–Crippen MR) is 113 cm³/mol. The zero-order chi connectivity index (χ0) is 20.1. The summed E-state index contributed by atoms with van der Waals surface area (Å²) in [4.78, 5) is 6.78. The molecule has 2 heterocycles. The summed E-state index contributed by atoms with van der Waals surface area (Å²) in [6.45, 7) is 4.27. The highest BCUT2D eigenvalue weighted by atomic mass is 16.5. The van der Waals surface area contributed by atoms with Crippen LogP contribution in [0.1, 0.15) is 24.0 Å². The van der Waals surface area contributed by atoms with Crippen LogP contribution in [-0.4, -0.2) is 48.4 Å². The molecule has 0 amide bonds. The van der Waals surface area contributed by atoms with E-state index in [-0.39, 0.29) is 6.10 Å². The summed E-state index contributed by atoms with van der Waals surface area (Å²) in [5, 5.41) is 12.9. The molecule has 4 rings (SSSR count). The summed E-state index contributed by atoms with van der Waals surface area (Å²) in [6.07, 6.45) is 1.50. The first-order valence-corrected chi connectivity index (χ1v) is 10.1. The van der Waals surface area contributed by atoms with Crippen LogP contribution < -0.4 is 20.5 Å². The number of hydrogen-bond acceptors (Lipinski definition) is 5. The Labute approximate surface area is 171 Å². The van der Waals surface area contributed by atoms with E-state index in [4.69, 9.17) is 15.2 Å². The lowest BCUT2D eigenvalue weighted by molar-refractivity contribution is 0.174. The van der Waals surface area contributed by atoms with Crippen molar-refractivity contribution in [2.24, 2.45) is 10.7 Å². The Kier molecular flexibility index (Phi) is 6.17. The SMILES string of the molecule is NC(=NCc1ccccc1CN1CCC(O)C1)Nc1ccc2c(c1)OCCCO2. The van der Waals surface area contributed by atoms with Crippen LogP contribution in [0.25, 0.3) is 0 Å². The fraction of sp³-hybridized carbons (Fsp3) is 0.409. The number of likely N-dealkylation sites (tertiary alicyclic amines) is 1. The molecule has 0 aromatic heterocycles. The van der Waals surface area contributed by atoms with Crippen molar-refractivity contribution in [3.05, 3.63) is 53.6 Å². The van der Waals surface area contributed by atoms with Gasteiger partial charge in [0.2, 0.25) is 0 Å². The fourth-order valence-corrected chi connectivity index (χ4v) is 3.66. The van der Waals surface area contributed by atoms with Crippen LogP contribution in [0.5, 0.6) is 11.5 Å². The lowest BCUT2D eigenvalue weighted by Crippen LogP contribution is -2.23. The highest BCUT2D eigenvalue weighted by Gasteiger charge is 2.20. The van der Waals surface area contributed by atoms with Gasteiger partial charge in [0, 0.05) is 37.8 Å². The number of aliphatic imine (C=N–C) groups is 1. The molecule has 1 atom stereocenters.